The summed E-state index contributed by atoms with van der Waals surface area (Å²) in [6, 6.07) is 11.2. The number of hydrogen-bond donors (Lipinski definition) is 1. The highest BCUT2D eigenvalue weighted by molar-refractivity contribution is 6.37. The van der Waals surface area contributed by atoms with Gasteiger partial charge in [0.05, 0.1) is 15.7 Å². The number of ether oxygens (including phenoxy) is 1. The van der Waals surface area contributed by atoms with E-state index in [9.17, 15) is 9.59 Å². The van der Waals surface area contributed by atoms with Crippen LogP contribution in [0.2, 0.25) is 10.0 Å². The molecule has 1 saturated heterocycles. The topological polar surface area (TPSA) is 58.6 Å². The number of nitrogens with one attached hydrogen (secondary N) is 1. The molecule has 130 valence electrons. The van der Waals surface area contributed by atoms with E-state index in [-0.39, 0.29) is 28.1 Å². The van der Waals surface area contributed by atoms with Crippen molar-refractivity contribution in [3.63, 3.8) is 0 Å². The minimum atomic E-state index is -0.529. The van der Waals surface area contributed by atoms with Gasteiger partial charge in [-0.05, 0) is 35.9 Å². The minimum absolute atomic E-state index is 0.0282. The first-order valence-corrected chi connectivity index (χ1v) is 8.24. The number of carbonyl (C=O) groups is 2. The lowest BCUT2D eigenvalue weighted by Crippen LogP contribution is -2.30. The number of halogens is 2. The summed E-state index contributed by atoms with van der Waals surface area (Å²) >= 11 is 12.3. The number of terminal acetylenes is 1. The molecule has 1 N–H and O–H groups in total. The molecule has 1 aliphatic rings. The standard InChI is InChI=1S/C19H12Cl2N2O3/c1-2-8-26-17-14(20)9-12(10-15(17)21)11-16-18(24)23(19(25)22-16)13-6-4-3-5-7-13/h1,3-7,9-11H,8H2,(H,22,25)/b16-11+. The van der Waals surface area contributed by atoms with Crippen molar-refractivity contribution in [1.29, 1.82) is 0 Å². The van der Waals surface area contributed by atoms with E-state index < -0.39 is 11.9 Å². The SMILES string of the molecule is C#CCOc1c(Cl)cc(/C=C2/NC(=O)N(c3ccccc3)C2=O)cc1Cl. The van der Waals surface area contributed by atoms with Crippen LogP contribution in [0.15, 0.2) is 48.2 Å². The maximum Gasteiger partial charge on any atom is 0.333 e. The number of hydrogen-bond acceptors (Lipinski definition) is 3. The Balaban J connectivity index is 1.90. The molecule has 0 bridgehead atoms. The summed E-state index contributed by atoms with van der Waals surface area (Å²) in [4.78, 5) is 25.8. The summed E-state index contributed by atoms with van der Waals surface area (Å²) in [5, 5.41) is 3.04. The second kappa shape index (κ2) is 7.52. The first-order chi connectivity index (χ1) is 12.5. The normalized spacial score (nSPS) is 15.1. The van der Waals surface area contributed by atoms with E-state index >= 15 is 0 Å². The average molecular weight is 387 g/mol. The highest BCUT2D eigenvalue weighted by Crippen LogP contribution is 2.35. The lowest BCUT2D eigenvalue weighted by Gasteiger charge is -2.11. The Kier molecular flexibility index (Phi) is 5.17. The van der Waals surface area contributed by atoms with Crippen molar-refractivity contribution in [3.05, 3.63) is 63.8 Å². The summed E-state index contributed by atoms with van der Waals surface area (Å²) in [5.74, 6) is 2.12. The number of nitrogens with zero attached hydrogens (tertiary/aromatic N) is 1. The quantitative estimate of drug-likeness (QED) is 0.488. The molecule has 3 rings (SSSR count). The van der Waals surface area contributed by atoms with Crippen LogP contribution in [-0.4, -0.2) is 18.5 Å². The van der Waals surface area contributed by atoms with Crippen LogP contribution in [0.4, 0.5) is 10.5 Å². The summed E-state index contributed by atoms with van der Waals surface area (Å²) in [6.45, 7) is 0.0282. The average Bonchev–Trinajstić information content (AvgIpc) is 2.88. The minimum Gasteiger partial charge on any atom is -0.478 e. The third-order valence-corrected chi connectivity index (χ3v) is 4.09. The van der Waals surface area contributed by atoms with E-state index in [4.69, 9.17) is 34.4 Å². The largest absolute Gasteiger partial charge is 0.478 e. The zero-order valence-electron chi connectivity index (χ0n) is 13.3. The molecule has 1 fully saturated rings. The van der Waals surface area contributed by atoms with Gasteiger partial charge in [0, 0.05) is 0 Å². The van der Waals surface area contributed by atoms with Gasteiger partial charge in [-0.2, -0.15) is 0 Å². The van der Waals surface area contributed by atoms with Crippen LogP contribution in [0.3, 0.4) is 0 Å². The van der Waals surface area contributed by atoms with E-state index in [2.05, 4.69) is 11.2 Å². The summed E-state index contributed by atoms with van der Waals surface area (Å²) in [7, 11) is 0. The molecule has 1 heterocycles. The molecule has 0 atom stereocenters. The molecule has 2 aromatic carbocycles. The molecule has 0 spiro atoms. The highest BCUT2D eigenvalue weighted by atomic mass is 35.5. The molecular weight excluding hydrogens is 375 g/mol. The van der Waals surface area contributed by atoms with Gasteiger partial charge in [-0.3, -0.25) is 4.79 Å². The van der Waals surface area contributed by atoms with Crippen LogP contribution >= 0.6 is 23.2 Å². The molecule has 2 aromatic rings. The van der Waals surface area contributed by atoms with Crippen LogP contribution < -0.4 is 15.0 Å². The Labute approximate surface area is 160 Å². The van der Waals surface area contributed by atoms with Gasteiger partial charge >= 0.3 is 6.03 Å². The number of amides is 3. The van der Waals surface area contributed by atoms with E-state index in [0.29, 0.717) is 11.3 Å². The maximum atomic E-state index is 12.6. The molecule has 26 heavy (non-hydrogen) atoms. The summed E-state index contributed by atoms with van der Waals surface area (Å²) < 4.78 is 5.29. The summed E-state index contributed by atoms with van der Waals surface area (Å²) in [6.07, 6.45) is 6.64. The molecule has 0 aliphatic carbocycles. The third-order valence-electron chi connectivity index (χ3n) is 3.52. The molecule has 5 nitrogen and oxygen atoms in total. The number of rotatable bonds is 4. The second-order valence-corrected chi connectivity index (χ2v) is 6.09. The van der Waals surface area contributed by atoms with E-state index in [1.54, 1.807) is 42.5 Å². The van der Waals surface area contributed by atoms with Crippen molar-refractivity contribution in [3.8, 4) is 18.1 Å². The van der Waals surface area contributed by atoms with Crippen LogP contribution in [0.1, 0.15) is 5.56 Å². The molecule has 3 amide bonds. The Morgan fingerprint density at radius 1 is 1.15 bits per heavy atom. The zero-order valence-corrected chi connectivity index (χ0v) is 14.8. The monoisotopic (exact) mass is 386 g/mol. The van der Waals surface area contributed by atoms with Gasteiger partial charge in [0.1, 0.15) is 12.3 Å². The number of imide groups is 1. The molecule has 0 saturated carbocycles. The maximum absolute atomic E-state index is 12.6. The number of para-hydroxylation sites is 1. The van der Waals surface area contributed by atoms with Crippen LogP contribution in [-0.2, 0) is 4.79 Å². The molecule has 0 aromatic heterocycles. The Bertz CT molecular complexity index is 926. The number of urea groups is 1. The van der Waals surface area contributed by atoms with Crippen molar-refractivity contribution >= 4 is 46.9 Å². The van der Waals surface area contributed by atoms with Crippen molar-refractivity contribution in [2.75, 3.05) is 11.5 Å². The Morgan fingerprint density at radius 2 is 1.81 bits per heavy atom. The van der Waals surface area contributed by atoms with Gasteiger partial charge in [0.2, 0.25) is 0 Å². The van der Waals surface area contributed by atoms with Crippen LogP contribution in [0, 0.1) is 12.3 Å². The Hall–Kier alpha value is -2.94. The lowest BCUT2D eigenvalue weighted by molar-refractivity contribution is -0.113. The molecule has 1 aliphatic heterocycles. The fourth-order valence-electron chi connectivity index (χ4n) is 2.43. The van der Waals surface area contributed by atoms with Crippen molar-refractivity contribution in [2.45, 2.75) is 0 Å². The van der Waals surface area contributed by atoms with Crippen LogP contribution in [0.5, 0.6) is 5.75 Å². The third kappa shape index (κ3) is 3.52. The predicted octanol–water partition coefficient (Wildman–Crippen LogP) is 4.10. The van der Waals surface area contributed by atoms with Gasteiger partial charge in [-0.25, -0.2) is 9.69 Å². The number of carbonyl (C=O) groups excluding carboxylic acids is 2. The van der Waals surface area contributed by atoms with Crippen molar-refractivity contribution < 1.29 is 14.3 Å². The number of benzene rings is 2. The van der Waals surface area contributed by atoms with Crippen LogP contribution in [0.25, 0.3) is 6.08 Å². The highest BCUT2D eigenvalue weighted by Gasteiger charge is 2.34. The summed E-state index contributed by atoms with van der Waals surface area (Å²) in [5.41, 5.74) is 1.13. The molecular formula is C19H12Cl2N2O3. The van der Waals surface area contributed by atoms with Gasteiger partial charge in [0.25, 0.3) is 5.91 Å². The zero-order chi connectivity index (χ0) is 18.7. The van der Waals surface area contributed by atoms with Crippen molar-refractivity contribution in [2.24, 2.45) is 0 Å². The smallest absolute Gasteiger partial charge is 0.333 e. The molecule has 7 heteroatoms. The second-order valence-electron chi connectivity index (χ2n) is 5.27. The van der Waals surface area contributed by atoms with Gasteiger partial charge in [0.15, 0.2) is 5.75 Å². The first kappa shape index (κ1) is 17.9. The lowest BCUT2D eigenvalue weighted by atomic mass is 10.1. The Morgan fingerprint density at radius 3 is 2.42 bits per heavy atom. The first-order valence-electron chi connectivity index (χ1n) is 7.48. The fraction of sp³-hybridized carbons (Fsp3) is 0.0526. The fourth-order valence-corrected chi connectivity index (χ4v) is 3.04. The number of anilines is 1. The van der Waals surface area contributed by atoms with E-state index in [1.807, 2.05) is 0 Å². The van der Waals surface area contributed by atoms with Crippen molar-refractivity contribution in [1.82, 2.24) is 5.32 Å². The molecule has 0 radical (unpaired) electrons. The van der Waals surface area contributed by atoms with Gasteiger partial charge in [-0.15, -0.1) is 6.42 Å². The van der Waals surface area contributed by atoms with Gasteiger partial charge in [-0.1, -0.05) is 47.3 Å². The van der Waals surface area contributed by atoms with E-state index in [0.717, 1.165) is 4.90 Å². The molecule has 0 unspecified atom stereocenters. The van der Waals surface area contributed by atoms with Gasteiger partial charge < -0.3 is 10.1 Å². The predicted molar refractivity (Wildman–Crippen MR) is 101 cm³/mol. The van der Waals surface area contributed by atoms with E-state index in [1.165, 1.54) is 6.08 Å².